The van der Waals surface area contributed by atoms with E-state index in [1.807, 2.05) is 0 Å². The first-order valence-corrected chi connectivity index (χ1v) is 3.58. The Balaban J connectivity index is 3.56. The molecule has 0 bridgehead atoms. The van der Waals surface area contributed by atoms with E-state index in [1.54, 1.807) is 0 Å². The number of nitro benzene ring substituents is 2. The molecular weight excluding hydrogens is 208 g/mol. The second-order valence-electron chi connectivity index (χ2n) is 2.47. The summed E-state index contributed by atoms with van der Waals surface area (Å²) in [5.74, 6) is -1.83. The molecule has 0 unspecified atom stereocenters. The van der Waals surface area contributed by atoms with Crippen molar-refractivity contribution in [1.82, 2.24) is 0 Å². The third-order valence-electron chi connectivity index (χ3n) is 1.61. The summed E-state index contributed by atoms with van der Waals surface area (Å²) in [4.78, 5) is 29.2. The highest BCUT2D eigenvalue weighted by molar-refractivity contribution is 5.94. The first kappa shape index (κ1) is 10.6. The number of rotatable bonds is 3. The molecule has 0 spiro atoms. The standard InChI is InChI=1S/C7H3N2O6/c10-7(11)4-2-1-3-5(8(12)13)6(4)9(14)15/h1-3H. The van der Waals surface area contributed by atoms with Gasteiger partial charge in [-0.15, -0.1) is 0 Å². The molecule has 77 valence electrons. The van der Waals surface area contributed by atoms with Gasteiger partial charge >= 0.3 is 17.3 Å². The van der Waals surface area contributed by atoms with Crippen molar-refractivity contribution in [3.8, 4) is 0 Å². The molecule has 8 heteroatoms. The number of para-hydroxylation sites is 1. The highest BCUT2D eigenvalue weighted by Crippen LogP contribution is 2.30. The molecule has 1 aromatic carbocycles. The topological polar surface area (TPSA) is 123 Å². The van der Waals surface area contributed by atoms with E-state index in [0.717, 1.165) is 18.2 Å². The van der Waals surface area contributed by atoms with Crippen molar-refractivity contribution < 1.29 is 19.7 Å². The SMILES string of the molecule is [O]C(=O)c1cccc([N+](=O)[O-])c1[N+](=O)[O-]. The Morgan fingerprint density at radius 1 is 1.13 bits per heavy atom. The van der Waals surface area contributed by atoms with Gasteiger partial charge < -0.3 is 0 Å². The van der Waals surface area contributed by atoms with E-state index in [1.165, 1.54) is 0 Å². The van der Waals surface area contributed by atoms with Crippen molar-refractivity contribution in [2.45, 2.75) is 0 Å². The molecule has 0 amide bonds. The Bertz CT molecular complexity index is 423. The highest BCUT2D eigenvalue weighted by Gasteiger charge is 2.31. The molecule has 0 aliphatic rings. The summed E-state index contributed by atoms with van der Waals surface area (Å²) in [5.41, 5.74) is -2.75. The number of carbonyl (C=O) groups excluding carboxylic acids is 1. The van der Waals surface area contributed by atoms with Crippen LogP contribution in [0.5, 0.6) is 0 Å². The average molecular weight is 211 g/mol. The van der Waals surface area contributed by atoms with Gasteiger partial charge in [0.15, 0.2) is 0 Å². The average Bonchev–Trinajstić information content (AvgIpc) is 2.16. The molecule has 0 aliphatic heterocycles. The van der Waals surface area contributed by atoms with Crippen molar-refractivity contribution in [3.63, 3.8) is 0 Å². The number of hydrogen-bond donors (Lipinski definition) is 0. The lowest BCUT2D eigenvalue weighted by Gasteiger charge is -1.96. The van der Waals surface area contributed by atoms with Crippen LogP contribution in [0.3, 0.4) is 0 Å². The van der Waals surface area contributed by atoms with Crippen molar-refractivity contribution >= 4 is 17.3 Å². The van der Waals surface area contributed by atoms with Crippen LogP contribution in [-0.2, 0) is 5.11 Å². The third kappa shape index (κ3) is 1.88. The maximum Gasteiger partial charge on any atom is 0.393 e. The molecule has 8 nitrogen and oxygen atoms in total. The Labute approximate surface area is 82.1 Å². The normalized spacial score (nSPS) is 9.60. The van der Waals surface area contributed by atoms with Crippen LogP contribution >= 0.6 is 0 Å². The smallest absolute Gasteiger partial charge is 0.258 e. The van der Waals surface area contributed by atoms with E-state index in [-0.39, 0.29) is 0 Å². The van der Waals surface area contributed by atoms with E-state index in [0.29, 0.717) is 0 Å². The minimum absolute atomic E-state index is 0.811. The van der Waals surface area contributed by atoms with E-state index >= 15 is 0 Å². The lowest BCUT2D eigenvalue weighted by atomic mass is 10.1. The molecule has 0 saturated heterocycles. The minimum Gasteiger partial charge on any atom is -0.258 e. The largest absolute Gasteiger partial charge is 0.393 e. The molecule has 0 aliphatic carbocycles. The Morgan fingerprint density at radius 3 is 2.13 bits per heavy atom. The number of nitrogens with zero attached hydrogens (tertiary/aromatic N) is 2. The van der Waals surface area contributed by atoms with Crippen LogP contribution in [0.15, 0.2) is 18.2 Å². The molecule has 0 heterocycles. The van der Waals surface area contributed by atoms with Crippen molar-refractivity contribution in [2.24, 2.45) is 0 Å². The minimum atomic E-state index is -1.83. The van der Waals surface area contributed by atoms with E-state index < -0.39 is 32.8 Å². The molecule has 0 aromatic heterocycles. The molecule has 0 saturated carbocycles. The molecule has 0 fully saturated rings. The van der Waals surface area contributed by atoms with Gasteiger partial charge in [-0.05, 0) is 6.07 Å². The summed E-state index contributed by atoms with van der Waals surface area (Å²) in [6, 6.07) is 2.77. The number of hydrogen-bond acceptors (Lipinski definition) is 5. The van der Waals surface area contributed by atoms with E-state index in [2.05, 4.69) is 0 Å². The highest BCUT2D eigenvalue weighted by atomic mass is 16.6. The number of carbonyl (C=O) groups is 1. The predicted octanol–water partition coefficient (Wildman–Crippen LogP) is 1.07. The zero-order valence-corrected chi connectivity index (χ0v) is 7.08. The maximum absolute atomic E-state index is 10.5. The Kier molecular flexibility index (Phi) is 2.61. The van der Waals surface area contributed by atoms with Crippen molar-refractivity contribution in [2.75, 3.05) is 0 Å². The Morgan fingerprint density at radius 2 is 1.73 bits per heavy atom. The molecule has 1 radical (unpaired) electrons. The van der Waals surface area contributed by atoms with Crippen molar-refractivity contribution in [3.05, 3.63) is 44.0 Å². The van der Waals surface area contributed by atoms with Crippen LogP contribution in [0.1, 0.15) is 10.4 Å². The zero-order valence-electron chi connectivity index (χ0n) is 7.08. The maximum atomic E-state index is 10.5. The first-order valence-electron chi connectivity index (χ1n) is 3.58. The summed E-state index contributed by atoms with van der Waals surface area (Å²) in [6.45, 7) is 0. The lowest BCUT2D eigenvalue weighted by molar-refractivity contribution is -0.422. The Hall–Kier alpha value is -2.51. The summed E-state index contributed by atoms with van der Waals surface area (Å²) in [5, 5.41) is 31.3. The van der Waals surface area contributed by atoms with Crippen LogP contribution in [0.2, 0.25) is 0 Å². The van der Waals surface area contributed by atoms with Crippen LogP contribution in [-0.4, -0.2) is 15.8 Å². The lowest BCUT2D eigenvalue weighted by Crippen LogP contribution is -2.04. The van der Waals surface area contributed by atoms with Gasteiger partial charge in [-0.2, -0.15) is 0 Å². The summed E-state index contributed by atoms with van der Waals surface area (Å²) >= 11 is 0. The predicted molar refractivity (Wildman–Crippen MR) is 44.8 cm³/mol. The second-order valence-corrected chi connectivity index (χ2v) is 2.47. The van der Waals surface area contributed by atoms with Gasteiger partial charge in [-0.1, -0.05) is 6.07 Å². The fourth-order valence-corrected chi connectivity index (χ4v) is 1.04. The van der Waals surface area contributed by atoms with Gasteiger partial charge in [0.2, 0.25) is 0 Å². The summed E-state index contributed by atoms with van der Waals surface area (Å²) < 4.78 is 0. The van der Waals surface area contributed by atoms with Crippen LogP contribution in [0, 0.1) is 20.2 Å². The van der Waals surface area contributed by atoms with Gasteiger partial charge in [0, 0.05) is 6.07 Å². The monoisotopic (exact) mass is 211 g/mol. The molecule has 1 rings (SSSR count). The van der Waals surface area contributed by atoms with E-state index in [9.17, 15) is 30.1 Å². The number of nitro groups is 2. The van der Waals surface area contributed by atoms with Gasteiger partial charge in [-0.3, -0.25) is 20.2 Å². The molecule has 0 atom stereocenters. The fourth-order valence-electron chi connectivity index (χ4n) is 1.04. The third-order valence-corrected chi connectivity index (χ3v) is 1.61. The molecule has 1 aromatic rings. The first-order chi connectivity index (χ1) is 6.95. The second kappa shape index (κ2) is 3.70. The van der Waals surface area contributed by atoms with Crippen LogP contribution < -0.4 is 0 Å². The van der Waals surface area contributed by atoms with Crippen molar-refractivity contribution in [1.29, 1.82) is 0 Å². The van der Waals surface area contributed by atoms with Gasteiger partial charge in [0.25, 0.3) is 0 Å². The number of benzene rings is 1. The van der Waals surface area contributed by atoms with Crippen LogP contribution in [0.4, 0.5) is 11.4 Å². The van der Waals surface area contributed by atoms with Gasteiger partial charge in [0.05, 0.1) is 9.85 Å². The van der Waals surface area contributed by atoms with Gasteiger partial charge in [-0.25, -0.2) is 9.90 Å². The van der Waals surface area contributed by atoms with Gasteiger partial charge in [0.1, 0.15) is 5.56 Å². The molecular formula is C7H3N2O6. The fraction of sp³-hybridized carbons (Fsp3) is 0. The quantitative estimate of drug-likeness (QED) is 0.546. The molecule has 15 heavy (non-hydrogen) atoms. The summed E-state index contributed by atoms with van der Waals surface area (Å²) in [7, 11) is 0. The van der Waals surface area contributed by atoms with Crippen LogP contribution in [0.25, 0.3) is 0 Å². The molecule has 0 N–H and O–H groups in total. The summed E-state index contributed by atoms with van der Waals surface area (Å²) in [6.07, 6.45) is 0. The van der Waals surface area contributed by atoms with E-state index in [4.69, 9.17) is 0 Å². The zero-order chi connectivity index (χ0) is 11.6.